The Morgan fingerprint density at radius 3 is 2.27 bits per heavy atom. The number of hydrogen-bond acceptors (Lipinski definition) is 2. The van der Waals surface area contributed by atoms with Gasteiger partial charge in [0.05, 0.1) is 4.99 Å². The van der Waals surface area contributed by atoms with Crippen molar-refractivity contribution in [2.75, 3.05) is 7.05 Å². The molecule has 1 amide bonds. The maximum absolute atomic E-state index is 11.8. The molecule has 0 heterocycles. The Labute approximate surface area is 98.0 Å². The quantitative estimate of drug-likeness (QED) is 0.751. The highest BCUT2D eigenvalue weighted by molar-refractivity contribution is 7.80. The third kappa shape index (κ3) is 6.44. The minimum absolute atomic E-state index is 0.0221. The lowest BCUT2D eigenvalue weighted by Crippen LogP contribution is -2.38. The molecule has 0 spiro atoms. The highest BCUT2D eigenvalue weighted by atomic mass is 32.1. The normalized spacial score (nSPS) is 13.4. The first kappa shape index (κ1) is 14.4. The molecule has 1 atom stereocenters. The van der Waals surface area contributed by atoms with Crippen LogP contribution in [0.15, 0.2) is 0 Å². The van der Waals surface area contributed by atoms with Gasteiger partial charge in [0.1, 0.15) is 0 Å². The predicted octanol–water partition coefficient (Wildman–Crippen LogP) is 1.95. The fraction of sp³-hybridized carbons (Fsp3) is 0.818. The molecular formula is C11H22N2OS. The van der Waals surface area contributed by atoms with E-state index >= 15 is 0 Å². The van der Waals surface area contributed by atoms with Crippen molar-refractivity contribution in [3.05, 3.63) is 0 Å². The molecule has 15 heavy (non-hydrogen) atoms. The number of thiocarbonyl (C=S) groups is 1. The Kier molecular flexibility index (Phi) is 5.21. The summed E-state index contributed by atoms with van der Waals surface area (Å²) in [5.74, 6) is 0.145. The van der Waals surface area contributed by atoms with Crippen molar-refractivity contribution in [3.63, 3.8) is 0 Å². The summed E-state index contributed by atoms with van der Waals surface area (Å²) in [6.45, 7) is 8.12. The average molecular weight is 230 g/mol. The van der Waals surface area contributed by atoms with Crippen molar-refractivity contribution in [2.45, 2.75) is 46.6 Å². The lowest BCUT2D eigenvalue weighted by molar-refractivity contribution is -0.133. The monoisotopic (exact) mass is 230 g/mol. The van der Waals surface area contributed by atoms with Crippen LogP contribution in [0.3, 0.4) is 0 Å². The molecular weight excluding hydrogens is 208 g/mol. The first-order chi connectivity index (χ1) is 6.63. The summed E-state index contributed by atoms with van der Waals surface area (Å²) in [7, 11) is 1.80. The molecule has 0 aliphatic carbocycles. The molecule has 0 rings (SSSR count). The molecule has 0 aromatic rings. The molecule has 0 aliphatic rings. The second kappa shape index (κ2) is 5.45. The summed E-state index contributed by atoms with van der Waals surface area (Å²) in [5.41, 5.74) is 5.47. The molecule has 1 unspecified atom stereocenters. The van der Waals surface area contributed by atoms with Crippen molar-refractivity contribution >= 4 is 23.1 Å². The van der Waals surface area contributed by atoms with Crippen molar-refractivity contribution in [1.29, 1.82) is 0 Å². The van der Waals surface area contributed by atoms with Crippen LogP contribution in [-0.4, -0.2) is 28.9 Å². The van der Waals surface area contributed by atoms with E-state index < -0.39 is 0 Å². The second-order valence-corrected chi connectivity index (χ2v) is 5.79. The van der Waals surface area contributed by atoms with Crippen LogP contribution in [0.5, 0.6) is 0 Å². The summed E-state index contributed by atoms with van der Waals surface area (Å²) in [4.78, 5) is 14.0. The zero-order chi connectivity index (χ0) is 12.2. The number of nitrogens with zero attached hydrogens (tertiary/aromatic N) is 1. The van der Waals surface area contributed by atoms with Crippen LogP contribution in [0.1, 0.15) is 40.5 Å². The van der Waals surface area contributed by atoms with Gasteiger partial charge in [0.25, 0.3) is 0 Å². The smallest absolute Gasteiger partial charge is 0.223 e. The average Bonchev–Trinajstić information content (AvgIpc) is 1.98. The van der Waals surface area contributed by atoms with E-state index in [2.05, 4.69) is 20.8 Å². The van der Waals surface area contributed by atoms with Gasteiger partial charge in [0, 0.05) is 25.9 Å². The summed E-state index contributed by atoms with van der Waals surface area (Å²) in [5, 5.41) is 0. The molecule has 3 nitrogen and oxygen atoms in total. The van der Waals surface area contributed by atoms with Gasteiger partial charge in [0.15, 0.2) is 0 Å². The summed E-state index contributed by atoms with van der Waals surface area (Å²) >= 11 is 4.83. The van der Waals surface area contributed by atoms with Crippen LogP contribution in [-0.2, 0) is 4.79 Å². The molecule has 0 fully saturated rings. The highest BCUT2D eigenvalue weighted by Gasteiger charge is 2.22. The van der Waals surface area contributed by atoms with Gasteiger partial charge in [-0.2, -0.15) is 0 Å². The van der Waals surface area contributed by atoms with Gasteiger partial charge in [-0.3, -0.25) is 4.79 Å². The standard InChI is InChI=1S/C11H22N2OS/c1-8(6-9(12)15)13(5)10(14)7-11(2,3)4/h8H,6-7H2,1-5H3,(H2,12,15). The number of hydrogen-bond donors (Lipinski definition) is 1. The van der Waals surface area contributed by atoms with E-state index in [0.29, 0.717) is 17.8 Å². The number of amides is 1. The van der Waals surface area contributed by atoms with E-state index in [1.807, 2.05) is 6.92 Å². The molecule has 2 N–H and O–H groups in total. The SMILES string of the molecule is CC(CC(N)=S)N(C)C(=O)CC(C)(C)C. The van der Waals surface area contributed by atoms with Gasteiger partial charge in [-0.15, -0.1) is 0 Å². The summed E-state index contributed by atoms with van der Waals surface area (Å²) in [6.07, 6.45) is 1.13. The molecule has 0 radical (unpaired) electrons. The van der Waals surface area contributed by atoms with Crippen LogP contribution in [0.25, 0.3) is 0 Å². The van der Waals surface area contributed by atoms with Crippen LogP contribution in [0.2, 0.25) is 0 Å². The molecule has 0 aromatic carbocycles. The predicted molar refractivity (Wildman–Crippen MR) is 67.7 cm³/mol. The Hall–Kier alpha value is -0.640. The Bertz CT molecular complexity index is 245. The van der Waals surface area contributed by atoms with Gasteiger partial charge in [-0.1, -0.05) is 33.0 Å². The van der Waals surface area contributed by atoms with E-state index in [0.717, 1.165) is 0 Å². The molecule has 0 saturated carbocycles. The number of rotatable bonds is 4. The van der Waals surface area contributed by atoms with Crippen LogP contribution in [0.4, 0.5) is 0 Å². The van der Waals surface area contributed by atoms with Crippen molar-refractivity contribution < 1.29 is 4.79 Å². The maximum atomic E-state index is 11.8. The first-order valence-corrected chi connectivity index (χ1v) is 5.58. The largest absolute Gasteiger partial charge is 0.393 e. The van der Waals surface area contributed by atoms with Crippen LogP contribution >= 0.6 is 12.2 Å². The fourth-order valence-corrected chi connectivity index (χ4v) is 1.49. The van der Waals surface area contributed by atoms with Gasteiger partial charge < -0.3 is 10.6 Å². The first-order valence-electron chi connectivity index (χ1n) is 5.17. The number of nitrogens with two attached hydrogens (primary N) is 1. The van der Waals surface area contributed by atoms with Crippen molar-refractivity contribution in [1.82, 2.24) is 4.90 Å². The van der Waals surface area contributed by atoms with Crippen LogP contribution < -0.4 is 5.73 Å². The highest BCUT2D eigenvalue weighted by Crippen LogP contribution is 2.20. The molecule has 0 saturated heterocycles. The zero-order valence-electron chi connectivity index (χ0n) is 10.3. The van der Waals surface area contributed by atoms with E-state index in [9.17, 15) is 4.79 Å². The molecule has 0 aliphatic heterocycles. The molecule has 4 heteroatoms. The van der Waals surface area contributed by atoms with E-state index in [4.69, 9.17) is 18.0 Å². The van der Waals surface area contributed by atoms with Gasteiger partial charge in [-0.25, -0.2) is 0 Å². The van der Waals surface area contributed by atoms with Crippen LogP contribution in [0, 0.1) is 5.41 Å². The fourth-order valence-electron chi connectivity index (χ4n) is 1.25. The Morgan fingerprint density at radius 1 is 1.47 bits per heavy atom. The van der Waals surface area contributed by atoms with Gasteiger partial charge >= 0.3 is 0 Å². The van der Waals surface area contributed by atoms with Crippen molar-refractivity contribution in [3.8, 4) is 0 Å². The molecule has 88 valence electrons. The Balaban J connectivity index is 4.25. The zero-order valence-corrected chi connectivity index (χ0v) is 11.1. The summed E-state index contributed by atoms with van der Waals surface area (Å²) in [6, 6.07) is 0.0809. The third-order valence-electron chi connectivity index (χ3n) is 2.23. The Morgan fingerprint density at radius 2 is 1.93 bits per heavy atom. The van der Waals surface area contributed by atoms with E-state index in [1.54, 1.807) is 11.9 Å². The van der Waals surface area contributed by atoms with Gasteiger partial charge in [0.2, 0.25) is 5.91 Å². The maximum Gasteiger partial charge on any atom is 0.223 e. The lowest BCUT2D eigenvalue weighted by atomic mass is 9.91. The third-order valence-corrected chi connectivity index (χ3v) is 2.40. The lowest BCUT2D eigenvalue weighted by Gasteiger charge is -2.28. The van der Waals surface area contributed by atoms with E-state index in [-0.39, 0.29) is 17.4 Å². The van der Waals surface area contributed by atoms with E-state index in [1.165, 1.54) is 0 Å². The van der Waals surface area contributed by atoms with Gasteiger partial charge in [-0.05, 0) is 12.3 Å². The minimum atomic E-state index is 0.0221. The number of carbonyl (C=O) groups is 1. The second-order valence-electron chi connectivity index (χ2n) is 5.26. The minimum Gasteiger partial charge on any atom is -0.393 e. The van der Waals surface area contributed by atoms with Crippen molar-refractivity contribution in [2.24, 2.45) is 11.1 Å². The number of carbonyl (C=O) groups excluding carboxylic acids is 1. The topological polar surface area (TPSA) is 46.3 Å². The molecule has 0 bridgehead atoms. The summed E-state index contributed by atoms with van der Waals surface area (Å²) < 4.78 is 0. The molecule has 0 aromatic heterocycles.